The highest BCUT2D eigenvalue weighted by Gasteiger charge is 2.72. The Hall–Kier alpha value is -1.89. The number of fused-ring (bicyclic) bond motifs is 1. The third-order valence-corrected chi connectivity index (χ3v) is 10.1. The Bertz CT molecular complexity index is 1020. The molecule has 4 rings (SSSR count). The van der Waals surface area contributed by atoms with Crippen molar-refractivity contribution in [2.24, 2.45) is 16.7 Å². The van der Waals surface area contributed by atoms with Crippen LogP contribution in [-0.4, -0.2) is 42.5 Å². The molecule has 30 heavy (non-hydrogen) atoms. The number of hydrogen-bond acceptors (Lipinski definition) is 5. The number of nitrogens with zero attached hydrogens (tertiary/aromatic N) is 1. The van der Waals surface area contributed by atoms with Crippen molar-refractivity contribution in [3.63, 3.8) is 0 Å². The van der Waals surface area contributed by atoms with Crippen LogP contribution >= 0.6 is 0 Å². The number of esters is 1. The molecule has 2 bridgehead atoms. The number of carbonyl (C=O) groups excluding carboxylic acids is 2. The Morgan fingerprint density at radius 2 is 1.77 bits per heavy atom. The highest BCUT2D eigenvalue weighted by Crippen LogP contribution is 2.70. The van der Waals surface area contributed by atoms with Gasteiger partial charge in [-0.2, -0.15) is 0 Å². The number of benzene rings is 1. The molecular formula is C23H31NO5S. The smallest absolute Gasteiger partial charge is 0.339 e. The number of carbonyl (C=O) groups is 2. The molecule has 0 unspecified atom stereocenters. The highest BCUT2D eigenvalue weighted by molar-refractivity contribution is 7.90. The van der Waals surface area contributed by atoms with Gasteiger partial charge >= 0.3 is 5.97 Å². The van der Waals surface area contributed by atoms with Gasteiger partial charge in [-0.25, -0.2) is 17.5 Å². The van der Waals surface area contributed by atoms with E-state index in [2.05, 4.69) is 13.8 Å². The second kappa shape index (κ2) is 6.55. The molecular weight excluding hydrogens is 402 g/mol. The molecule has 2 aliphatic carbocycles. The monoisotopic (exact) mass is 433 g/mol. The molecule has 7 heteroatoms. The van der Waals surface area contributed by atoms with Crippen molar-refractivity contribution in [3.05, 3.63) is 34.4 Å². The van der Waals surface area contributed by atoms with Crippen LogP contribution in [0.3, 0.4) is 0 Å². The Labute approximate surface area is 179 Å². The van der Waals surface area contributed by atoms with Crippen molar-refractivity contribution in [2.45, 2.75) is 73.0 Å². The standard InChI is InChI=1S/C23H31NO5S/c1-13-9-14(2)19(15(3)10-13)21(26)29-16(4)20(25)24-18-11-17-7-8-23(18,22(17,5)6)12-30(24,27)28/h9-10,16-18H,7-8,11-12H2,1-6H3/t16-,17-,18-,23-/m1/s1. The molecule has 4 atom stereocenters. The van der Waals surface area contributed by atoms with E-state index >= 15 is 0 Å². The van der Waals surface area contributed by atoms with E-state index in [0.717, 1.165) is 33.8 Å². The summed E-state index contributed by atoms with van der Waals surface area (Å²) in [6.07, 6.45) is 1.38. The minimum atomic E-state index is -3.74. The predicted molar refractivity (Wildman–Crippen MR) is 114 cm³/mol. The van der Waals surface area contributed by atoms with Crippen LogP contribution in [0.5, 0.6) is 0 Å². The van der Waals surface area contributed by atoms with Gasteiger partial charge in [0, 0.05) is 5.41 Å². The zero-order valence-electron chi connectivity index (χ0n) is 18.6. The lowest BCUT2D eigenvalue weighted by Gasteiger charge is -2.37. The Kier molecular flexibility index (Phi) is 4.66. The summed E-state index contributed by atoms with van der Waals surface area (Å²) in [5.74, 6) is -0.790. The second-order valence-corrected chi connectivity index (χ2v) is 11.9. The van der Waals surface area contributed by atoms with Crippen molar-refractivity contribution >= 4 is 21.9 Å². The number of amides is 1. The number of rotatable bonds is 3. The summed E-state index contributed by atoms with van der Waals surface area (Å²) in [7, 11) is -3.74. The topological polar surface area (TPSA) is 80.8 Å². The molecule has 1 aromatic carbocycles. The van der Waals surface area contributed by atoms with Gasteiger partial charge in [-0.3, -0.25) is 4.79 Å². The van der Waals surface area contributed by atoms with Gasteiger partial charge in [-0.05, 0) is 69.4 Å². The predicted octanol–water partition coefficient (Wildman–Crippen LogP) is 3.52. The van der Waals surface area contributed by atoms with Crippen LogP contribution in [0.15, 0.2) is 12.1 Å². The molecule has 1 aliphatic heterocycles. The van der Waals surface area contributed by atoms with E-state index in [1.165, 1.54) is 6.92 Å². The summed E-state index contributed by atoms with van der Waals surface area (Å²) < 4.78 is 32.7. The van der Waals surface area contributed by atoms with Gasteiger partial charge in [0.15, 0.2) is 6.10 Å². The van der Waals surface area contributed by atoms with E-state index < -0.39 is 28.0 Å². The van der Waals surface area contributed by atoms with Gasteiger partial charge in [-0.15, -0.1) is 0 Å². The molecule has 3 aliphatic rings. The zero-order chi connectivity index (χ0) is 22.2. The summed E-state index contributed by atoms with van der Waals surface area (Å²) in [6.45, 7) is 11.4. The maximum absolute atomic E-state index is 13.2. The van der Waals surface area contributed by atoms with Crippen molar-refractivity contribution in [3.8, 4) is 0 Å². The van der Waals surface area contributed by atoms with E-state index in [4.69, 9.17) is 4.74 Å². The molecule has 1 amide bonds. The molecule has 1 heterocycles. The maximum Gasteiger partial charge on any atom is 0.339 e. The maximum atomic E-state index is 13.2. The van der Waals surface area contributed by atoms with E-state index in [-0.39, 0.29) is 22.6 Å². The Morgan fingerprint density at radius 1 is 1.17 bits per heavy atom. The van der Waals surface area contributed by atoms with Gasteiger partial charge < -0.3 is 4.74 Å². The number of sulfonamides is 1. The van der Waals surface area contributed by atoms with Crippen LogP contribution in [-0.2, 0) is 19.6 Å². The number of hydrogen-bond donors (Lipinski definition) is 0. The lowest BCUT2D eigenvalue weighted by atomic mass is 9.69. The SMILES string of the molecule is Cc1cc(C)c(C(=O)O[C@H](C)C(=O)N2[C@@H]3C[C@H]4CC[C@]3(CS2(=O)=O)C4(C)C)c(C)c1. The van der Waals surface area contributed by atoms with E-state index in [1.54, 1.807) is 0 Å². The number of aryl methyl sites for hydroxylation is 3. The minimum Gasteiger partial charge on any atom is -0.449 e. The first kappa shape index (κ1) is 21.3. The first-order chi connectivity index (χ1) is 13.8. The van der Waals surface area contributed by atoms with Gasteiger partial charge in [0.1, 0.15) is 0 Å². The lowest BCUT2D eigenvalue weighted by Crippen LogP contribution is -2.48. The molecule has 0 radical (unpaired) electrons. The highest BCUT2D eigenvalue weighted by atomic mass is 32.2. The van der Waals surface area contributed by atoms with Crippen LogP contribution in [0, 0.1) is 37.5 Å². The largest absolute Gasteiger partial charge is 0.449 e. The first-order valence-corrected chi connectivity index (χ1v) is 12.3. The zero-order valence-corrected chi connectivity index (χ0v) is 19.4. The fourth-order valence-electron chi connectivity index (χ4n) is 6.53. The molecule has 2 saturated carbocycles. The van der Waals surface area contributed by atoms with Crippen molar-refractivity contribution in [1.29, 1.82) is 0 Å². The average molecular weight is 434 g/mol. The molecule has 0 aromatic heterocycles. The molecule has 0 N–H and O–H groups in total. The Balaban J connectivity index is 1.59. The van der Waals surface area contributed by atoms with Gasteiger partial charge in [-0.1, -0.05) is 31.5 Å². The fourth-order valence-corrected chi connectivity index (χ4v) is 9.13. The van der Waals surface area contributed by atoms with E-state index in [1.807, 2.05) is 32.9 Å². The summed E-state index contributed by atoms with van der Waals surface area (Å²) in [5.41, 5.74) is 2.52. The molecule has 3 fully saturated rings. The van der Waals surface area contributed by atoms with E-state index in [9.17, 15) is 18.0 Å². The van der Waals surface area contributed by atoms with Gasteiger partial charge in [0.05, 0.1) is 17.4 Å². The summed E-state index contributed by atoms with van der Waals surface area (Å²) in [4.78, 5) is 26.1. The molecule has 1 aromatic rings. The van der Waals surface area contributed by atoms with Crippen LogP contribution in [0.2, 0.25) is 0 Å². The van der Waals surface area contributed by atoms with Crippen LogP contribution in [0.1, 0.15) is 67.1 Å². The van der Waals surface area contributed by atoms with Gasteiger partial charge in [0.2, 0.25) is 10.0 Å². The Morgan fingerprint density at radius 3 is 2.33 bits per heavy atom. The number of ether oxygens (including phenoxy) is 1. The van der Waals surface area contributed by atoms with Gasteiger partial charge in [0.25, 0.3) is 5.91 Å². The van der Waals surface area contributed by atoms with Crippen LogP contribution in [0.25, 0.3) is 0 Å². The fraction of sp³-hybridized carbons (Fsp3) is 0.652. The van der Waals surface area contributed by atoms with Crippen LogP contribution in [0.4, 0.5) is 0 Å². The summed E-state index contributed by atoms with van der Waals surface area (Å²) >= 11 is 0. The van der Waals surface area contributed by atoms with E-state index in [0.29, 0.717) is 17.9 Å². The molecule has 164 valence electrons. The molecule has 6 nitrogen and oxygen atoms in total. The minimum absolute atomic E-state index is 0.0107. The van der Waals surface area contributed by atoms with Crippen molar-refractivity contribution < 1.29 is 22.7 Å². The second-order valence-electron chi connectivity index (χ2n) is 10.1. The van der Waals surface area contributed by atoms with Crippen molar-refractivity contribution in [2.75, 3.05) is 5.75 Å². The summed E-state index contributed by atoms with van der Waals surface area (Å²) in [6, 6.07) is 3.46. The summed E-state index contributed by atoms with van der Waals surface area (Å²) in [5, 5.41) is 0. The molecule has 1 saturated heterocycles. The van der Waals surface area contributed by atoms with Crippen LogP contribution < -0.4 is 0 Å². The average Bonchev–Trinajstić information content (AvgIpc) is 3.07. The third kappa shape index (κ3) is 2.77. The normalized spacial score (nSPS) is 31.5. The lowest BCUT2D eigenvalue weighted by molar-refractivity contribution is -0.137. The first-order valence-electron chi connectivity index (χ1n) is 10.7. The van der Waals surface area contributed by atoms with Crippen molar-refractivity contribution in [1.82, 2.24) is 4.31 Å². The quantitative estimate of drug-likeness (QED) is 0.681. The third-order valence-electron chi connectivity index (χ3n) is 8.14. The molecule has 1 spiro atoms.